The molecule has 3 heteroatoms. The van der Waals surface area contributed by atoms with Gasteiger partial charge in [0.1, 0.15) is 6.04 Å². The molecule has 1 aliphatic heterocycles. The van der Waals surface area contributed by atoms with E-state index in [1.165, 1.54) is 24.9 Å². The van der Waals surface area contributed by atoms with Gasteiger partial charge in [-0.1, -0.05) is 29.3 Å². The summed E-state index contributed by atoms with van der Waals surface area (Å²) in [5.41, 5.74) is 1.23. The molecule has 0 bridgehead atoms. The van der Waals surface area contributed by atoms with Crippen molar-refractivity contribution in [1.29, 1.82) is 0 Å². The van der Waals surface area contributed by atoms with Gasteiger partial charge in [0.15, 0.2) is 0 Å². The van der Waals surface area contributed by atoms with Crippen LogP contribution in [-0.2, 0) is 0 Å². The summed E-state index contributed by atoms with van der Waals surface area (Å²) in [5, 5.41) is 3.86. The molecule has 1 nitrogen and oxygen atoms in total. The number of benzene rings is 1. The SMILES string of the molecule is Clc1ccc([C@@H]2CCC[NH2+]2)c(Cl)c1. The van der Waals surface area contributed by atoms with Gasteiger partial charge in [0.05, 0.1) is 11.6 Å². The van der Waals surface area contributed by atoms with E-state index in [4.69, 9.17) is 23.2 Å². The molecule has 1 aromatic carbocycles. The van der Waals surface area contributed by atoms with E-state index in [1.807, 2.05) is 18.2 Å². The molecule has 70 valence electrons. The maximum Gasteiger partial charge on any atom is 0.113 e. The molecule has 1 atom stereocenters. The Labute approximate surface area is 88.0 Å². The zero-order valence-electron chi connectivity index (χ0n) is 7.26. The normalized spacial score (nSPS) is 22.2. The van der Waals surface area contributed by atoms with Crippen LogP contribution in [0.2, 0.25) is 10.0 Å². The highest BCUT2D eigenvalue weighted by molar-refractivity contribution is 6.35. The molecule has 0 amide bonds. The molecular weight excluding hydrogens is 205 g/mol. The Morgan fingerprint density at radius 3 is 2.77 bits per heavy atom. The summed E-state index contributed by atoms with van der Waals surface area (Å²) in [4.78, 5) is 0. The van der Waals surface area contributed by atoms with Gasteiger partial charge < -0.3 is 5.32 Å². The molecule has 13 heavy (non-hydrogen) atoms. The van der Waals surface area contributed by atoms with Crippen molar-refractivity contribution in [3.63, 3.8) is 0 Å². The van der Waals surface area contributed by atoms with Gasteiger partial charge in [0.2, 0.25) is 0 Å². The van der Waals surface area contributed by atoms with Gasteiger partial charge in [-0.05, 0) is 12.1 Å². The van der Waals surface area contributed by atoms with Crippen molar-refractivity contribution in [1.82, 2.24) is 0 Å². The third kappa shape index (κ3) is 1.98. The van der Waals surface area contributed by atoms with E-state index in [1.54, 1.807) is 0 Å². The number of nitrogens with two attached hydrogens (primary N) is 1. The van der Waals surface area contributed by atoms with E-state index < -0.39 is 0 Å². The fraction of sp³-hybridized carbons (Fsp3) is 0.400. The maximum atomic E-state index is 6.11. The zero-order valence-corrected chi connectivity index (χ0v) is 8.78. The van der Waals surface area contributed by atoms with Crippen LogP contribution in [-0.4, -0.2) is 6.54 Å². The summed E-state index contributed by atoms with van der Waals surface area (Å²) in [5.74, 6) is 0. The van der Waals surface area contributed by atoms with Gasteiger partial charge in [-0.15, -0.1) is 0 Å². The van der Waals surface area contributed by atoms with Crippen molar-refractivity contribution in [3.05, 3.63) is 33.8 Å². The minimum Gasteiger partial charge on any atom is -0.340 e. The lowest BCUT2D eigenvalue weighted by molar-refractivity contribution is -0.676. The first-order chi connectivity index (χ1) is 6.27. The third-order valence-corrected chi connectivity index (χ3v) is 3.09. The molecule has 0 radical (unpaired) electrons. The Hall–Kier alpha value is -0.240. The first-order valence-corrected chi connectivity index (χ1v) is 5.31. The highest BCUT2D eigenvalue weighted by Crippen LogP contribution is 2.27. The Bertz CT molecular complexity index is 306. The summed E-state index contributed by atoms with van der Waals surface area (Å²) >= 11 is 11.9. The van der Waals surface area contributed by atoms with Crippen LogP contribution >= 0.6 is 23.2 Å². The molecule has 0 unspecified atom stereocenters. The van der Waals surface area contributed by atoms with Gasteiger partial charge >= 0.3 is 0 Å². The van der Waals surface area contributed by atoms with E-state index in [9.17, 15) is 0 Å². The highest BCUT2D eigenvalue weighted by atomic mass is 35.5. The number of rotatable bonds is 1. The minimum atomic E-state index is 0.546. The van der Waals surface area contributed by atoms with Gasteiger partial charge in [0, 0.05) is 23.4 Å². The average molecular weight is 217 g/mol. The first-order valence-electron chi connectivity index (χ1n) is 4.55. The lowest BCUT2D eigenvalue weighted by Crippen LogP contribution is -2.81. The number of quaternary nitrogens is 1. The van der Waals surface area contributed by atoms with Gasteiger partial charge in [0.25, 0.3) is 0 Å². The van der Waals surface area contributed by atoms with E-state index in [2.05, 4.69) is 5.32 Å². The molecule has 1 aliphatic rings. The second kappa shape index (κ2) is 3.87. The van der Waals surface area contributed by atoms with Crippen molar-refractivity contribution in [2.24, 2.45) is 0 Å². The van der Waals surface area contributed by atoms with Crippen LogP contribution in [0.3, 0.4) is 0 Å². The summed E-state index contributed by atoms with van der Waals surface area (Å²) in [6.45, 7) is 1.21. The topological polar surface area (TPSA) is 16.6 Å². The Morgan fingerprint density at radius 1 is 1.31 bits per heavy atom. The second-order valence-corrected chi connectivity index (χ2v) is 4.28. The van der Waals surface area contributed by atoms with E-state index in [0.717, 1.165) is 5.02 Å². The molecule has 0 aromatic heterocycles. The van der Waals surface area contributed by atoms with Crippen molar-refractivity contribution < 1.29 is 5.32 Å². The molecule has 1 aromatic rings. The minimum absolute atomic E-state index is 0.546. The number of halogens is 2. The zero-order chi connectivity index (χ0) is 9.26. The van der Waals surface area contributed by atoms with Crippen molar-refractivity contribution in [2.45, 2.75) is 18.9 Å². The summed E-state index contributed by atoms with van der Waals surface area (Å²) in [6.07, 6.45) is 2.50. The fourth-order valence-corrected chi connectivity index (χ4v) is 2.41. The Morgan fingerprint density at radius 2 is 2.15 bits per heavy atom. The molecule has 0 spiro atoms. The number of hydrogen-bond donors (Lipinski definition) is 1. The summed E-state index contributed by atoms with van der Waals surface area (Å²) < 4.78 is 0. The predicted molar refractivity (Wildman–Crippen MR) is 55.2 cm³/mol. The first kappa shape index (κ1) is 9.32. The maximum absolute atomic E-state index is 6.11. The van der Waals surface area contributed by atoms with Gasteiger partial charge in [-0.25, -0.2) is 0 Å². The quantitative estimate of drug-likeness (QED) is 0.743. The molecule has 0 aliphatic carbocycles. The second-order valence-electron chi connectivity index (χ2n) is 3.44. The van der Waals surface area contributed by atoms with Crippen LogP contribution in [0.1, 0.15) is 24.4 Å². The van der Waals surface area contributed by atoms with Gasteiger partial charge in [-0.2, -0.15) is 0 Å². The monoisotopic (exact) mass is 216 g/mol. The molecule has 2 N–H and O–H groups in total. The van der Waals surface area contributed by atoms with Crippen LogP contribution in [0.5, 0.6) is 0 Å². The summed E-state index contributed by atoms with van der Waals surface area (Å²) in [6, 6.07) is 6.32. The van der Waals surface area contributed by atoms with E-state index in [-0.39, 0.29) is 0 Å². The predicted octanol–water partition coefficient (Wildman–Crippen LogP) is 2.39. The average Bonchev–Trinajstić information content (AvgIpc) is 2.56. The lowest BCUT2D eigenvalue weighted by atomic mass is 10.1. The lowest BCUT2D eigenvalue weighted by Gasteiger charge is -2.09. The Kier molecular flexibility index (Phi) is 2.77. The molecule has 1 saturated heterocycles. The third-order valence-electron chi connectivity index (χ3n) is 2.53. The molecule has 1 heterocycles. The number of hydrogen-bond acceptors (Lipinski definition) is 0. The van der Waals surface area contributed by atoms with Crippen LogP contribution in [0.15, 0.2) is 18.2 Å². The van der Waals surface area contributed by atoms with Crippen LogP contribution in [0.4, 0.5) is 0 Å². The fourth-order valence-electron chi connectivity index (χ4n) is 1.86. The van der Waals surface area contributed by atoms with Crippen molar-refractivity contribution in [2.75, 3.05) is 6.54 Å². The molecule has 2 rings (SSSR count). The van der Waals surface area contributed by atoms with Crippen molar-refractivity contribution >= 4 is 23.2 Å². The van der Waals surface area contributed by atoms with Crippen molar-refractivity contribution in [3.8, 4) is 0 Å². The van der Waals surface area contributed by atoms with E-state index in [0.29, 0.717) is 11.1 Å². The van der Waals surface area contributed by atoms with E-state index >= 15 is 0 Å². The van der Waals surface area contributed by atoms with Crippen LogP contribution in [0.25, 0.3) is 0 Å². The highest BCUT2D eigenvalue weighted by Gasteiger charge is 2.22. The van der Waals surface area contributed by atoms with Gasteiger partial charge in [-0.3, -0.25) is 0 Å². The largest absolute Gasteiger partial charge is 0.340 e. The Balaban J connectivity index is 2.29. The van der Waals surface area contributed by atoms with Crippen LogP contribution in [0, 0.1) is 0 Å². The standard InChI is InChI=1S/C10H11Cl2N/c11-7-3-4-8(9(12)6-7)10-2-1-5-13-10/h3-4,6,10,13H,1-2,5H2/p+1/t10-/m0/s1. The summed E-state index contributed by atoms with van der Waals surface area (Å²) in [7, 11) is 0. The molecule has 1 fully saturated rings. The van der Waals surface area contributed by atoms with Crippen LogP contribution < -0.4 is 5.32 Å². The molecular formula is C10H12Cl2N+. The smallest absolute Gasteiger partial charge is 0.113 e. The molecule has 0 saturated carbocycles.